The summed E-state index contributed by atoms with van der Waals surface area (Å²) in [5.41, 5.74) is 1.34. The van der Waals surface area contributed by atoms with Gasteiger partial charge in [0.25, 0.3) is 5.97 Å². The van der Waals surface area contributed by atoms with Gasteiger partial charge in [-0.1, -0.05) is 0 Å². The number of anilines is 2. The Morgan fingerprint density at radius 1 is 1.09 bits per heavy atom. The van der Waals surface area contributed by atoms with Crippen molar-refractivity contribution in [2.75, 3.05) is 18.4 Å². The molecule has 0 aliphatic carbocycles. The minimum absolute atomic E-state index is 0.0377. The molecule has 2 heterocycles. The molecule has 1 unspecified atom stereocenters. The number of nitrogens with zero attached hydrogens (tertiary/aromatic N) is 3. The standard InChI is InChI=1S/C29H32F3N4O2.C2H4O2.Li/c1-28(2,3)38-27(37)36-17-7-10-22(19-36)21-12-14-23(15-13-21)34-26-33-18-24(29(30,31)32)25(35-26)16-11-20-8-5-4-6-9-20;1-2(3)4;/h4-6,8,12-15,18,22H,7,10-11,16-17,19H2,1-3H3,(H,33,34,35);1H3,(H,3,4);. The number of likely N-dealkylation sites (tertiary alicyclic amines) is 1. The molecule has 0 spiro atoms. The van der Waals surface area contributed by atoms with Crippen LogP contribution < -0.4 is 9.55 Å². The van der Waals surface area contributed by atoms with Crippen LogP contribution in [0.15, 0.2) is 54.7 Å². The molecule has 0 radical (unpaired) electrons. The van der Waals surface area contributed by atoms with E-state index in [1.807, 2.05) is 87.0 Å². The second-order valence-corrected chi connectivity index (χ2v) is 11.5. The first kappa shape index (κ1) is 33.9. The molecule has 43 heavy (non-hydrogen) atoms. The number of carboxylic acid groups (broad SMARTS) is 1. The van der Waals surface area contributed by atoms with E-state index in [0.717, 1.165) is 41.3 Å². The molecule has 1 fully saturated rings. The van der Waals surface area contributed by atoms with E-state index in [9.17, 15) is 18.0 Å². The van der Waals surface area contributed by atoms with Crippen LogP contribution in [0.4, 0.5) is 29.6 Å². The Bertz CT molecular complexity index is 1390. The van der Waals surface area contributed by atoms with Crippen LogP contribution in [0.3, 0.4) is 0 Å². The number of carbonyl (C=O) groups excluding carboxylic acids is 1. The van der Waals surface area contributed by atoms with Crippen molar-refractivity contribution in [1.82, 2.24) is 14.9 Å². The van der Waals surface area contributed by atoms with Crippen molar-refractivity contribution >= 4 is 45.6 Å². The normalized spacial score (nSPS) is 15.3. The van der Waals surface area contributed by atoms with Crippen LogP contribution >= 0.6 is 0 Å². The molecule has 1 saturated heterocycles. The van der Waals surface area contributed by atoms with Gasteiger partial charge in [0.2, 0.25) is 0 Å². The van der Waals surface area contributed by atoms with Crippen LogP contribution in [0.25, 0.3) is 0 Å². The number of carboxylic acids is 1. The Balaban J connectivity index is 0.00000119. The van der Waals surface area contributed by atoms with Crippen molar-refractivity contribution in [1.29, 1.82) is 0 Å². The zero-order valence-corrected chi connectivity index (χ0v) is 25.2. The second-order valence-electron chi connectivity index (χ2n) is 11.5. The summed E-state index contributed by atoms with van der Waals surface area (Å²) in [6.07, 6.45) is -1.55. The van der Waals surface area contributed by atoms with Crippen LogP contribution in [0.2, 0.25) is 0 Å². The van der Waals surface area contributed by atoms with Gasteiger partial charge in [-0.05, 0) is 33.6 Å². The Morgan fingerprint density at radius 2 is 1.74 bits per heavy atom. The summed E-state index contributed by atoms with van der Waals surface area (Å²) in [7, 11) is 0. The molecule has 0 bridgehead atoms. The van der Waals surface area contributed by atoms with Gasteiger partial charge >= 0.3 is 164 Å². The molecule has 1 aliphatic rings. The number of halogens is 3. The fourth-order valence-electron chi connectivity index (χ4n) is 4.76. The zero-order chi connectivity index (χ0) is 31.8. The third-order valence-electron chi connectivity index (χ3n) is 6.78. The Morgan fingerprint density at radius 3 is 2.35 bits per heavy atom. The van der Waals surface area contributed by atoms with Gasteiger partial charge in [0.1, 0.15) is 5.60 Å². The minimum atomic E-state index is -4.53. The zero-order valence-electron chi connectivity index (χ0n) is 25.2. The fraction of sp³-hybridized carbons (Fsp3) is 0.419. The van der Waals surface area contributed by atoms with Gasteiger partial charge in [0.05, 0.1) is 0 Å². The first-order valence-corrected chi connectivity index (χ1v) is 14.1. The molecule has 4 rings (SSSR count). The van der Waals surface area contributed by atoms with Crippen LogP contribution in [-0.4, -0.2) is 68.4 Å². The number of nitrogens with one attached hydrogen (secondary N) is 1. The number of hydrogen-bond acceptors (Lipinski definition) is 6. The Hall–Kier alpha value is -3.55. The van der Waals surface area contributed by atoms with Crippen molar-refractivity contribution in [2.45, 2.75) is 71.1 Å². The average Bonchev–Trinajstić information content (AvgIpc) is 2.91. The summed E-state index contributed by atoms with van der Waals surface area (Å²) < 4.78 is 47.5. The third-order valence-corrected chi connectivity index (χ3v) is 6.78. The van der Waals surface area contributed by atoms with Crippen LogP contribution in [0.1, 0.15) is 68.8 Å². The molecule has 12 heteroatoms. The Labute approximate surface area is 259 Å². The number of aromatic nitrogens is 2. The number of aliphatic carboxylic acids is 1. The van der Waals surface area contributed by atoms with Gasteiger partial charge in [-0.3, -0.25) is 4.79 Å². The quantitative estimate of drug-likeness (QED) is 0.337. The average molecular weight is 593 g/mol. The molecule has 8 nitrogen and oxygen atoms in total. The monoisotopic (exact) mass is 592 g/mol. The van der Waals surface area contributed by atoms with E-state index >= 15 is 0 Å². The summed E-state index contributed by atoms with van der Waals surface area (Å²) in [5.74, 6) is -0.542. The number of amides is 1. The number of ether oxygens (including phenoxy) is 1. The molecule has 1 atom stereocenters. The number of benzene rings is 2. The van der Waals surface area contributed by atoms with Gasteiger partial charge in [-0.2, -0.15) is 0 Å². The SMILES string of the molecule is CC(=O)O.[Li][c]1ccccc1CCc1nc(Nc2ccc(C3CCCN(C(=O)OC(C)(C)C)C3)cc2)ncc1C(F)(F)F. The van der Waals surface area contributed by atoms with Crippen LogP contribution in [0.5, 0.6) is 0 Å². The molecule has 1 aliphatic heterocycles. The molecular weight excluding hydrogens is 556 g/mol. The maximum absolute atomic E-state index is 13.7. The second kappa shape index (κ2) is 14.8. The van der Waals surface area contributed by atoms with E-state index < -0.39 is 23.3 Å². The van der Waals surface area contributed by atoms with Crippen molar-refractivity contribution in [2.24, 2.45) is 0 Å². The van der Waals surface area contributed by atoms with Crippen molar-refractivity contribution < 1.29 is 32.6 Å². The summed E-state index contributed by atoms with van der Waals surface area (Å²) >= 11 is 1.94. The fourth-order valence-corrected chi connectivity index (χ4v) is 4.76. The number of alkyl halides is 3. The first-order valence-electron chi connectivity index (χ1n) is 14.1. The van der Waals surface area contributed by atoms with Gasteiger partial charge < -0.3 is 14.7 Å². The summed E-state index contributed by atoms with van der Waals surface area (Å²) in [6.45, 7) is 7.89. The van der Waals surface area contributed by atoms with Crippen LogP contribution in [0, 0.1) is 0 Å². The molecule has 0 saturated carbocycles. The summed E-state index contributed by atoms with van der Waals surface area (Å²) in [5, 5.41) is 10.5. The van der Waals surface area contributed by atoms with E-state index in [-0.39, 0.29) is 30.1 Å². The predicted molar refractivity (Wildman–Crippen MR) is 159 cm³/mol. The molecule has 1 aromatic heterocycles. The molecule has 226 valence electrons. The van der Waals surface area contributed by atoms with Gasteiger partial charge in [-0.15, -0.1) is 0 Å². The predicted octanol–water partition coefficient (Wildman–Crippen LogP) is 6.02. The summed E-state index contributed by atoms with van der Waals surface area (Å²) in [4.78, 5) is 31.5. The maximum atomic E-state index is 13.7. The van der Waals surface area contributed by atoms with E-state index in [1.165, 1.54) is 0 Å². The van der Waals surface area contributed by atoms with E-state index in [0.29, 0.717) is 25.2 Å². The van der Waals surface area contributed by atoms with Gasteiger partial charge in [0, 0.05) is 25.9 Å². The number of aryl methyl sites for hydroxylation is 2. The number of hydrogen-bond donors (Lipinski definition) is 2. The number of piperidine rings is 1. The van der Waals surface area contributed by atoms with Gasteiger partial charge in [0.15, 0.2) is 0 Å². The van der Waals surface area contributed by atoms with Crippen LogP contribution in [-0.2, 0) is 28.5 Å². The first-order chi connectivity index (χ1) is 20.1. The van der Waals surface area contributed by atoms with Crippen molar-refractivity contribution in [3.05, 3.63) is 77.1 Å². The van der Waals surface area contributed by atoms with Crippen molar-refractivity contribution in [3.8, 4) is 0 Å². The van der Waals surface area contributed by atoms with E-state index in [4.69, 9.17) is 14.6 Å². The molecule has 1 amide bonds. The van der Waals surface area contributed by atoms with Crippen molar-refractivity contribution in [3.63, 3.8) is 0 Å². The molecule has 3 aromatic rings. The number of rotatable bonds is 6. The molecular formula is C31H36F3LiN4O4. The van der Waals surface area contributed by atoms with E-state index in [1.54, 1.807) is 4.90 Å². The molecule has 2 aromatic carbocycles. The Kier molecular flexibility index (Phi) is 11.6. The summed E-state index contributed by atoms with van der Waals surface area (Å²) in [6, 6.07) is 15.3. The molecule has 2 N–H and O–H groups in total. The third kappa shape index (κ3) is 10.9. The van der Waals surface area contributed by atoms with E-state index in [2.05, 4.69) is 15.3 Å². The topological polar surface area (TPSA) is 105 Å². The van der Waals surface area contributed by atoms with Gasteiger partial charge in [-0.25, -0.2) is 4.79 Å². The number of carbonyl (C=O) groups is 2.